The Morgan fingerprint density at radius 2 is 1.78 bits per heavy atom. The third-order valence-electron chi connectivity index (χ3n) is 4.31. The minimum atomic E-state index is -0.249. The van der Waals surface area contributed by atoms with E-state index >= 15 is 0 Å². The first-order chi connectivity index (χ1) is 10.2. The van der Waals surface area contributed by atoms with Gasteiger partial charge in [-0.25, -0.2) is 0 Å². The highest BCUT2D eigenvalue weighted by Gasteiger charge is 2.21. The Morgan fingerprint density at radius 1 is 1.17 bits per heavy atom. The molecule has 0 aromatic heterocycles. The van der Waals surface area contributed by atoms with Gasteiger partial charge in [0.2, 0.25) is 5.91 Å². The Hall–Kier alpha value is -0.810. The average molecular weight is 362 g/mol. The number of likely N-dealkylation sites (tertiary alicyclic amines) is 1. The van der Waals surface area contributed by atoms with Crippen molar-refractivity contribution in [1.29, 1.82) is 0 Å². The smallest absolute Gasteiger partial charge is 0.224 e. The lowest BCUT2D eigenvalue weighted by Gasteiger charge is -2.27. The molecular weight excluding hydrogens is 333 g/mol. The number of carbonyl (C=O) groups excluding carboxylic acids is 1. The number of hydrogen-bond acceptors (Lipinski definition) is 3. The summed E-state index contributed by atoms with van der Waals surface area (Å²) >= 11 is 0. The molecule has 0 bridgehead atoms. The molecule has 2 atom stereocenters. The fraction of sp³-hybridized carbons (Fsp3) is 0.588. The number of nitrogens with zero attached hydrogens (tertiary/aromatic N) is 1. The van der Waals surface area contributed by atoms with Crippen molar-refractivity contribution in [3.8, 4) is 0 Å². The summed E-state index contributed by atoms with van der Waals surface area (Å²) in [5.74, 6) is -0.169. The van der Waals surface area contributed by atoms with Crippen molar-refractivity contribution >= 4 is 30.7 Å². The van der Waals surface area contributed by atoms with Gasteiger partial charge in [0.25, 0.3) is 0 Å². The van der Waals surface area contributed by atoms with E-state index in [1.165, 1.54) is 19.3 Å². The highest BCUT2D eigenvalue weighted by molar-refractivity contribution is 5.85. The quantitative estimate of drug-likeness (QED) is 0.818. The zero-order valence-corrected chi connectivity index (χ0v) is 15.4. The van der Waals surface area contributed by atoms with Crippen molar-refractivity contribution in [3.63, 3.8) is 0 Å². The van der Waals surface area contributed by atoms with E-state index in [4.69, 9.17) is 5.73 Å². The van der Waals surface area contributed by atoms with Crippen molar-refractivity contribution in [1.82, 2.24) is 10.2 Å². The van der Waals surface area contributed by atoms with Crippen LogP contribution in [0.25, 0.3) is 0 Å². The average Bonchev–Trinajstić information content (AvgIpc) is 2.55. The third kappa shape index (κ3) is 7.08. The fourth-order valence-corrected chi connectivity index (χ4v) is 2.81. The zero-order valence-electron chi connectivity index (χ0n) is 13.7. The monoisotopic (exact) mass is 361 g/mol. The predicted octanol–water partition coefficient (Wildman–Crippen LogP) is 2.77. The Bertz CT molecular complexity index is 439. The van der Waals surface area contributed by atoms with Crippen molar-refractivity contribution in [2.45, 2.75) is 32.2 Å². The third-order valence-corrected chi connectivity index (χ3v) is 4.31. The summed E-state index contributed by atoms with van der Waals surface area (Å²) in [5, 5.41) is 3.02. The Balaban J connectivity index is 0.00000242. The number of amides is 1. The van der Waals surface area contributed by atoms with Gasteiger partial charge in [-0.2, -0.15) is 0 Å². The van der Waals surface area contributed by atoms with Crippen LogP contribution in [-0.2, 0) is 4.79 Å². The van der Waals surface area contributed by atoms with Crippen molar-refractivity contribution in [2.75, 3.05) is 26.2 Å². The number of nitrogens with two attached hydrogens (primary N) is 1. The lowest BCUT2D eigenvalue weighted by atomic mass is 9.95. The number of nitrogens with one attached hydrogen (secondary N) is 1. The topological polar surface area (TPSA) is 58.4 Å². The lowest BCUT2D eigenvalue weighted by Crippen LogP contribution is -2.41. The van der Waals surface area contributed by atoms with Crippen LogP contribution in [-0.4, -0.2) is 37.0 Å². The van der Waals surface area contributed by atoms with Gasteiger partial charge in [-0.1, -0.05) is 43.7 Å². The van der Waals surface area contributed by atoms with Crippen LogP contribution in [0.5, 0.6) is 0 Å². The second-order valence-corrected chi connectivity index (χ2v) is 5.92. The van der Waals surface area contributed by atoms with Gasteiger partial charge in [-0.15, -0.1) is 24.8 Å². The van der Waals surface area contributed by atoms with Crippen LogP contribution in [0.2, 0.25) is 0 Å². The molecule has 1 aromatic carbocycles. The molecule has 1 aromatic rings. The maximum Gasteiger partial charge on any atom is 0.224 e. The van der Waals surface area contributed by atoms with Gasteiger partial charge in [0.05, 0.1) is 5.92 Å². The molecule has 132 valence electrons. The van der Waals surface area contributed by atoms with E-state index in [2.05, 4.69) is 10.2 Å². The van der Waals surface area contributed by atoms with E-state index in [1.54, 1.807) is 0 Å². The number of hydrogen-bond donors (Lipinski definition) is 2. The summed E-state index contributed by atoms with van der Waals surface area (Å²) in [6.07, 6.45) is 3.90. The SMILES string of the molecule is CC(C(=O)NCCN1CCCCC1)C(N)c1ccccc1.Cl.Cl. The van der Waals surface area contributed by atoms with Crippen molar-refractivity contribution < 1.29 is 4.79 Å². The maximum atomic E-state index is 12.2. The van der Waals surface area contributed by atoms with Crippen LogP contribution in [0, 0.1) is 5.92 Å². The van der Waals surface area contributed by atoms with E-state index in [1.807, 2.05) is 37.3 Å². The van der Waals surface area contributed by atoms with Crippen LogP contribution in [0.3, 0.4) is 0 Å². The summed E-state index contributed by atoms with van der Waals surface area (Å²) in [5.41, 5.74) is 7.19. The molecule has 1 amide bonds. The predicted molar refractivity (Wildman–Crippen MR) is 100 cm³/mol. The van der Waals surface area contributed by atoms with Gasteiger partial charge in [-0.05, 0) is 31.5 Å². The number of benzene rings is 1. The number of carbonyl (C=O) groups is 1. The van der Waals surface area contributed by atoms with Crippen LogP contribution < -0.4 is 11.1 Å². The van der Waals surface area contributed by atoms with Crippen LogP contribution in [0.1, 0.15) is 37.8 Å². The fourth-order valence-electron chi connectivity index (χ4n) is 2.81. The molecule has 0 spiro atoms. The molecule has 0 saturated carbocycles. The van der Waals surface area contributed by atoms with Crippen LogP contribution >= 0.6 is 24.8 Å². The Labute approximate surface area is 152 Å². The first kappa shape index (κ1) is 22.2. The summed E-state index contributed by atoms with van der Waals surface area (Å²) in [4.78, 5) is 14.6. The molecule has 0 radical (unpaired) electrons. The minimum absolute atomic E-state index is 0. The second kappa shape index (κ2) is 11.7. The molecular formula is C17H29Cl2N3O. The molecule has 1 heterocycles. The zero-order chi connectivity index (χ0) is 15.1. The van der Waals surface area contributed by atoms with Crippen molar-refractivity contribution in [3.05, 3.63) is 35.9 Å². The van der Waals surface area contributed by atoms with Crippen molar-refractivity contribution in [2.24, 2.45) is 11.7 Å². The number of piperidine rings is 1. The van der Waals surface area contributed by atoms with Gasteiger partial charge in [0.1, 0.15) is 0 Å². The molecule has 1 aliphatic rings. The summed E-state index contributed by atoms with van der Waals surface area (Å²) in [7, 11) is 0. The first-order valence-corrected chi connectivity index (χ1v) is 7.99. The molecule has 2 unspecified atom stereocenters. The van der Waals surface area contributed by atoms with E-state index in [9.17, 15) is 4.79 Å². The first-order valence-electron chi connectivity index (χ1n) is 7.99. The van der Waals surface area contributed by atoms with E-state index in [0.29, 0.717) is 6.54 Å². The van der Waals surface area contributed by atoms with E-state index < -0.39 is 0 Å². The summed E-state index contributed by atoms with van der Waals surface area (Å²) in [6, 6.07) is 9.57. The number of halogens is 2. The van der Waals surface area contributed by atoms with E-state index in [-0.39, 0.29) is 42.7 Å². The van der Waals surface area contributed by atoms with Crippen LogP contribution in [0.15, 0.2) is 30.3 Å². The molecule has 1 saturated heterocycles. The van der Waals surface area contributed by atoms with Crippen LogP contribution in [0.4, 0.5) is 0 Å². The van der Waals surface area contributed by atoms with Gasteiger partial charge >= 0.3 is 0 Å². The standard InChI is InChI=1S/C17H27N3O.2ClH/c1-14(16(18)15-8-4-2-5-9-15)17(21)19-10-13-20-11-6-3-7-12-20;;/h2,4-5,8-9,14,16H,3,6-7,10-13,18H2,1H3,(H,19,21);2*1H. The minimum Gasteiger partial charge on any atom is -0.355 e. The van der Waals surface area contributed by atoms with Gasteiger partial charge in [-0.3, -0.25) is 4.79 Å². The maximum absolute atomic E-state index is 12.2. The van der Waals surface area contributed by atoms with Gasteiger partial charge in [0.15, 0.2) is 0 Å². The number of rotatable bonds is 6. The molecule has 1 fully saturated rings. The molecule has 1 aliphatic heterocycles. The molecule has 0 aliphatic carbocycles. The normalized spacial score (nSPS) is 17.3. The molecule has 3 N–H and O–H groups in total. The van der Waals surface area contributed by atoms with E-state index in [0.717, 1.165) is 25.2 Å². The molecule has 4 nitrogen and oxygen atoms in total. The Morgan fingerprint density at radius 3 is 2.39 bits per heavy atom. The largest absolute Gasteiger partial charge is 0.355 e. The molecule has 2 rings (SSSR count). The second-order valence-electron chi connectivity index (χ2n) is 5.92. The highest BCUT2D eigenvalue weighted by Crippen LogP contribution is 2.18. The highest BCUT2D eigenvalue weighted by atomic mass is 35.5. The molecule has 23 heavy (non-hydrogen) atoms. The lowest BCUT2D eigenvalue weighted by molar-refractivity contribution is -0.125. The molecule has 6 heteroatoms. The summed E-state index contributed by atoms with van der Waals surface area (Å²) < 4.78 is 0. The van der Waals surface area contributed by atoms with Gasteiger partial charge in [0, 0.05) is 19.1 Å². The van der Waals surface area contributed by atoms with Gasteiger partial charge < -0.3 is 16.0 Å². The Kier molecular flexibility index (Phi) is 11.3. The summed E-state index contributed by atoms with van der Waals surface area (Å²) in [6.45, 7) is 5.88.